The van der Waals surface area contributed by atoms with E-state index in [4.69, 9.17) is 4.74 Å². The highest BCUT2D eigenvalue weighted by Crippen LogP contribution is 2.21. The molecule has 0 saturated carbocycles. The Balaban J connectivity index is 0.00000363. The van der Waals surface area contributed by atoms with Gasteiger partial charge in [0.25, 0.3) is 0 Å². The molecule has 1 atom stereocenters. The zero-order valence-electron chi connectivity index (χ0n) is 18.4. The maximum atomic E-state index is 12.3. The predicted molar refractivity (Wildman–Crippen MR) is 133 cm³/mol. The molecule has 6 nitrogen and oxygen atoms in total. The van der Waals surface area contributed by atoms with E-state index in [2.05, 4.69) is 44.2 Å². The second-order valence-electron chi connectivity index (χ2n) is 7.38. The Morgan fingerprint density at radius 1 is 1.12 bits per heavy atom. The van der Waals surface area contributed by atoms with Crippen LogP contribution in [0.25, 0.3) is 0 Å². The van der Waals surface area contributed by atoms with Gasteiger partial charge in [0.15, 0.2) is 5.96 Å². The highest BCUT2D eigenvalue weighted by molar-refractivity contribution is 14.0. The van der Waals surface area contributed by atoms with Crippen molar-refractivity contribution in [1.82, 2.24) is 15.1 Å². The quantitative estimate of drug-likeness (QED) is 0.301. The van der Waals surface area contributed by atoms with Gasteiger partial charge < -0.3 is 19.7 Å². The minimum atomic E-state index is -2.82. The standard InChI is InChI=1S/C23H30F2N4O2.HI/c1-26-23(28(2)17-18-8-10-20(11-9-18)31-22(24)25)27-16-21(19-6-4-3-5-7-19)29-12-14-30-15-13-29;/h3-11,21-22H,12-17H2,1-2H3,(H,26,27);1H. The van der Waals surface area contributed by atoms with Gasteiger partial charge in [-0.15, -0.1) is 24.0 Å². The van der Waals surface area contributed by atoms with E-state index in [0.717, 1.165) is 37.8 Å². The topological polar surface area (TPSA) is 49.3 Å². The Hall–Kier alpha value is -1.98. The molecule has 0 radical (unpaired) electrons. The van der Waals surface area contributed by atoms with Gasteiger partial charge in [-0.05, 0) is 23.3 Å². The number of guanidine groups is 1. The molecule has 1 unspecified atom stereocenters. The molecule has 2 aromatic carbocycles. The summed E-state index contributed by atoms with van der Waals surface area (Å²) >= 11 is 0. The number of hydrogen-bond acceptors (Lipinski definition) is 4. The molecule has 176 valence electrons. The van der Waals surface area contributed by atoms with Gasteiger partial charge in [0, 0.05) is 40.3 Å². The molecule has 0 amide bonds. The van der Waals surface area contributed by atoms with Gasteiger partial charge in [0.1, 0.15) is 5.75 Å². The predicted octanol–water partition coefficient (Wildman–Crippen LogP) is 3.99. The van der Waals surface area contributed by atoms with E-state index in [1.165, 1.54) is 5.56 Å². The number of ether oxygens (including phenoxy) is 2. The molecule has 0 spiro atoms. The van der Waals surface area contributed by atoms with Crippen LogP contribution in [-0.2, 0) is 11.3 Å². The molecule has 0 bridgehead atoms. The van der Waals surface area contributed by atoms with Gasteiger partial charge in [-0.1, -0.05) is 42.5 Å². The van der Waals surface area contributed by atoms with Crippen molar-refractivity contribution in [2.24, 2.45) is 4.99 Å². The Morgan fingerprint density at radius 3 is 2.38 bits per heavy atom. The first kappa shape index (κ1) is 26.3. The van der Waals surface area contributed by atoms with E-state index in [0.29, 0.717) is 13.1 Å². The number of halogens is 3. The first-order valence-corrected chi connectivity index (χ1v) is 10.4. The van der Waals surface area contributed by atoms with Crippen LogP contribution in [0.15, 0.2) is 59.6 Å². The molecule has 3 rings (SSSR count). The summed E-state index contributed by atoms with van der Waals surface area (Å²) in [5.74, 6) is 0.919. The zero-order chi connectivity index (χ0) is 22.1. The number of morpholine rings is 1. The molecule has 1 N–H and O–H groups in total. The highest BCUT2D eigenvalue weighted by atomic mass is 127. The lowest BCUT2D eigenvalue weighted by Crippen LogP contribution is -2.46. The smallest absolute Gasteiger partial charge is 0.387 e. The highest BCUT2D eigenvalue weighted by Gasteiger charge is 2.23. The van der Waals surface area contributed by atoms with Gasteiger partial charge in [-0.2, -0.15) is 8.78 Å². The van der Waals surface area contributed by atoms with Crippen LogP contribution in [0.3, 0.4) is 0 Å². The molecule has 1 saturated heterocycles. The van der Waals surface area contributed by atoms with Crippen LogP contribution in [0.1, 0.15) is 17.2 Å². The number of nitrogens with one attached hydrogen (secondary N) is 1. The molecule has 1 heterocycles. The van der Waals surface area contributed by atoms with Crippen LogP contribution in [0, 0.1) is 0 Å². The van der Waals surface area contributed by atoms with Gasteiger partial charge in [-0.3, -0.25) is 9.89 Å². The largest absolute Gasteiger partial charge is 0.435 e. The van der Waals surface area contributed by atoms with Crippen molar-refractivity contribution in [3.8, 4) is 5.75 Å². The lowest BCUT2D eigenvalue weighted by Gasteiger charge is -2.35. The molecule has 0 aliphatic carbocycles. The van der Waals surface area contributed by atoms with Crippen LogP contribution in [0.5, 0.6) is 5.75 Å². The van der Waals surface area contributed by atoms with E-state index in [9.17, 15) is 8.78 Å². The van der Waals surface area contributed by atoms with Crippen molar-refractivity contribution in [3.05, 3.63) is 65.7 Å². The summed E-state index contributed by atoms with van der Waals surface area (Å²) in [5, 5.41) is 3.49. The third kappa shape index (κ3) is 7.86. The fourth-order valence-electron chi connectivity index (χ4n) is 3.72. The first-order valence-electron chi connectivity index (χ1n) is 10.4. The van der Waals surface area contributed by atoms with Crippen LogP contribution >= 0.6 is 24.0 Å². The fourth-order valence-corrected chi connectivity index (χ4v) is 3.72. The molecular formula is C23H31F2IN4O2. The Kier molecular flexibility index (Phi) is 11.1. The van der Waals surface area contributed by atoms with Crippen molar-refractivity contribution in [1.29, 1.82) is 0 Å². The second kappa shape index (κ2) is 13.5. The molecular weight excluding hydrogens is 529 g/mol. The Morgan fingerprint density at radius 2 is 1.78 bits per heavy atom. The van der Waals surface area contributed by atoms with Crippen molar-refractivity contribution < 1.29 is 18.3 Å². The Bertz CT molecular complexity index is 819. The third-order valence-corrected chi connectivity index (χ3v) is 5.27. The van der Waals surface area contributed by atoms with Gasteiger partial charge in [0.05, 0.1) is 19.3 Å². The normalized spacial score (nSPS) is 15.7. The second-order valence-corrected chi connectivity index (χ2v) is 7.38. The van der Waals surface area contributed by atoms with E-state index in [-0.39, 0.29) is 35.8 Å². The molecule has 2 aromatic rings. The molecule has 32 heavy (non-hydrogen) atoms. The van der Waals surface area contributed by atoms with E-state index < -0.39 is 6.61 Å². The summed E-state index contributed by atoms with van der Waals surface area (Å²) in [6, 6.07) is 17.3. The summed E-state index contributed by atoms with van der Waals surface area (Å²) in [7, 11) is 3.70. The molecule has 1 aliphatic heterocycles. The number of aliphatic imine (C=N–C) groups is 1. The summed E-state index contributed by atoms with van der Waals surface area (Å²) < 4.78 is 34.6. The minimum Gasteiger partial charge on any atom is -0.435 e. The number of hydrogen-bond donors (Lipinski definition) is 1. The fraction of sp³-hybridized carbons (Fsp3) is 0.435. The van der Waals surface area contributed by atoms with Crippen LogP contribution in [0.2, 0.25) is 0 Å². The maximum Gasteiger partial charge on any atom is 0.387 e. The molecule has 1 fully saturated rings. The van der Waals surface area contributed by atoms with Gasteiger partial charge >= 0.3 is 6.61 Å². The summed E-state index contributed by atoms with van der Waals surface area (Å²) in [4.78, 5) is 8.85. The van der Waals surface area contributed by atoms with Gasteiger partial charge in [0.2, 0.25) is 0 Å². The lowest BCUT2D eigenvalue weighted by atomic mass is 10.0. The molecule has 1 aliphatic rings. The van der Waals surface area contributed by atoms with Crippen LogP contribution in [-0.4, -0.2) is 69.3 Å². The van der Waals surface area contributed by atoms with Crippen molar-refractivity contribution in [3.63, 3.8) is 0 Å². The zero-order valence-corrected chi connectivity index (χ0v) is 20.7. The maximum absolute atomic E-state index is 12.3. The monoisotopic (exact) mass is 560 g/mol. The minimum absolute atomic E-state index is 0. The summed E-state index contributed by atoms with van der Waals surface area (Å²) in [6.07, 6.45) is 0. The number of benzene rings is 2. The lowest BCUT2D eigenvalue weighted by molar-refractivity contribution is -0.0498. The number of nitrogens with zero attached hydrogens (tertiary/aromatic N) is 3. The molecule has 9 heteroatoms. The molecule has 0 aromatic heterocycles. The Labute approximate surface area is 205 Å². The van der Waals surface area contributed by atoms with E-state index in [1.54, 1.807) is 31.3 Å². The first-order chi connectivity index (χ1) is 15.1. The van der Waals surface area contributed by atoms with Crippen LogP contribution < -0.4 is 10.1 Å². The van der Waals surface area contributed by atoms with E-state index >= 15 is 0 Å². The van der Waals surface area contributed by atoms with Crippen molar-refractivity contribution in [2.75, 3.05) is 46.9 Å². The SMILES string of the molecule is CN=C(NCC(c1ccccc1)N1CCOCC1)N(C)Cc1ccc(OC(F)F)cc1.I. The van der Waals surface area contributed by atoms with Crippen molar-refractivity contribution >= 4 is 29.9 Å². The summed E-state index contributed by atoms with van der Waals surface area (Å²) in [6.45, 7) is 1.74. The van der Waals surface area contributed by atoms with E-state index in [1.807, 2.05) is 18.0 Å². The number of rotatable bonds is 8. The number of alkyl halides is 2. The summed E-state index contributed by atoms with van der Waals surface area (Å²) in [5.41, 5.74) is 2.23. The van der Waals surface area contributed by atoms with Crippen LogP contribution in [0.4, 0.5) is 8.78 Å². The average Bonchev–Trinajstić information content (AvgIpc) is 2.79. The average molecular weight is 560 g/mol. The third-order valence-electron chi connectivity index (χ3n) is 5.27. The van der Waals surface area contributed by atoms with Gasteiger partial charge in [-0.25, -0.2) is 0 Å². The van der Waals surface area contributed by atoms with Crippen molar-refractivity contribution in [2.45, 2.75) is 19.2 Å².